The van der Waals surface area contributed by atoms with Gasteiger partial charge in [-0.25, -0.2) is 0 Å². The van der Waals surface area contributed by atoms with Crippen molar-refractivity contribution in [3.8, 4) is 23.0 Å². The van der Waals surface area contributed by atoms with Crippen LogP contribution >= 0.6 is 0 Å². The second kappa shape index (κ2) is 11.5. The van der Waals surface area contributed by atoms with E-state index in [0.29, 0.717) is 11.1 Å². The summed E-state index contributed by atoms with van der Waals surface area (Å²) in [4.78, 5) is 0. The fourth-order valence-electron chi connectivity index (χ4n) is 4.61. The molecule has 0 unspecified atom stereocenters. The van der Waals surface area contributed by atoms with Gasteiger partial charge in [0.2, 0.25) is 6.29 Å². The SMILES string of the molecule is COc1cc(O[C@@H]2O[C@@H](CO)[C@@H](O)[C@H](O)[C@H]2O)c(CC=C(C)C)c2c1[C@H](O)[C@H](O)[C@@H](c1ccc(O)cc1)O2. The van der Waals surface area contributed by atoms with Gasteiger partial charge in [-0.15, -0.1) is 0 Å². The van der Waals surface area contributed by atoms with E-state index < -0.39 is 55.6 Å². The third-order valence-electron chi connectivity index (χ3n) is 6.77. The van der Waals surface area contributed by atoms with Crippen molar-refractivity contribution in [3.05, 3.63) is 58.7 Å². The summed E-state index contributed by atoms with van der Waals surface area (Å²) in [5.74, 6) is 0.491. The topological polar surface area (TPSA) is 179 Å². The van der Waals surface area contributed by atoms with Gasteiger partial charge in [-0.1, -0.05) is 23.8 Å². The molecule has 2 heterocycles. The zero-order valence-corrected chi connectivity index (χ0v) is 21.3. The van der Waals surface area contributed by atoms with E-state index >= 15 is 0 Å². The number of hydrogen-bond donors (Lipinski definition) is 7. The van der Waals surface area contributed by atoms with Crippen LogP contribution in [-0.4, -0.2) is 86.3 Å². The molecule has 1 fully saturated rings. The van der Waals surface area contributed by atoms with Crippen molar-refractivity contribution in [2.45, 2.75) is 69.3 Å². The highest BCUT2D eigenvalue weighted by Gasteiger charge is 2.46. The van der Waals surface area contributed by atoms with E-state index in [9.17, 15) is 35.7 Å². The van der Waals surface area contributed by atoms with Crippen molar-refractivity contribution in [1.29, 1.82) is 0 Å². The average molecular weight is 535 g/mol. The molecule has 2 aromatic carbocycles. The van der Waals surface area contributed by atoms with Gasteiger partial charge < -0.3 is 54.7 Å². The van der Waals surface area contributed by atoms with Crippen LogP contribution in [0.2, 0.25) is 0 Å². The Morgan fingerprint density at radius 3 is 2.24 bits per heavy atom. The van der Waals surface area contributed by atoms with Crippen LogP contribution in [0.15, 0.2) is 42.0 Å². The van der Waals surface area contributed by atoms with E-state index in [0.717, 1.165) is 5.57 Å². The second-order valence-electron chi connectivity index (χ2n) is 9.66. The standard InChI is InChI=1S/C27H34O11/c1-12(2)4-9-15-16(36-27-24(34)22(32)20(30)18(11-28)37-27)10-17(35-3)19-21(31)23(33)25(38-26(15)19)13-5-7-14(29)8-6-13/h4-8,10,18,20-25,27-34H,9,11H2,1-3H3/t18-,20+,21-,22-,23-,24+,25+,27+/m0/s1. The maximum absolute atomic E-state index is 11.1. The average Bonchev–Trinajstić information content (AvgIpc) is 2.90. The quantitative estimate of drug-likeness (QED) is 0.248. The predicted molar refractivity (Wildman–Crippen MR) is 133 cm³/mol. The maximum Gasteiger partial charge on any atom is 0.229 e. The van der Waals surface area contributed by atoms with Crippen LogP contribution in [0.4, 0.5) is 0 Å². The summed E-state index contributed by atoms with van der Waals surface area (Å²) in [6.07, 6.45) is -9.11. The van der Waals surface area contributed by atoms with E-state index in [1.165, 1.54) is 25.3 Å². The number of methoxy groups -OCH3 is 1. The molecule has 0 bridgehead atoms. The Hall–Kier alpha value is -2.90. The second-order valence-corrected chi connectivity index (χ2v) is 9.66. The summed E-state index contributed by atoms with van der Waals surface area (Å²) in [5.41, 5.74) is 2.12. The zero-order chi connectivity index (χ0) is 27.7. The number of fused-ring (bicyclic) bond motifs is 1. The third kappa shape index (κ3) is 5.32. The van der Waals surface area contributed by atoms with E-state index in [4.69, 9.17) is 18.9 Å². The zero-order valence-electron chi connectivity index (χ0n) is 21.3. The maximum atomic E-state index is 11.1. The lowest BCUT2D eigenvalue weighted by Gasteiger charge is -2.40. The van der Waals surface area contributed by atoms with Gasteiger partial charge in [-0.05, 0) is 38.0 Å². The molecule has 11 nitrogen and oxygen atoms in total. The van der Waals surface area contributed by atoms with Gasteiger partial charge in [0.05, 0.1) is 19.3 Å². The molecule has 4 rings (SSSR count). The number of allylic oxidation sites excluding steroid dienone is 2. The first-order valence-corrected chi connectivity index (χ1v) is 12.2. The van der Waals surface area contributed by atoms with Crippen LogP contribution in [0.5, 0.6) is 23.0 Å². The van der Waals surface area contributed by atoms with Crippen molar-refractivity contribution in [1.82, 2.24) is 0 Å². The van der Waals surface area contributed by atoms with Crippen molar-refractivity contribution < 1.29 is 54.7 Å². The summed E-state index contributed by atoms with van der Waals surface area (Å²) in [5, 5.41) is 72.2. The van der Waals surface area contributed by atoms with E-state index in [1.807, 2.05) is 19.9 Å². The molecule has 208 valence electrons. The minimum Gasteiger partial charge on any atom is -0.508 e. The lowest BCUT2D eigenvalue weighted by Crippen LogP contribution is -2.60. The fraction of sp³-hybridized carbons (Fsp3) is 0.481. The highest BCUT2D eigenvalue weighted by molar-refractivity contribution is 5.60. The van der Waals surface area contributed by atoms with E-state index in [-0.39, 0.29) is 35.0 Å². The van der Waals surface area contributed by atoms with Crippen molar-refractivity contribution in [2.24, 2.45) is 0 Å². The number of phenols is 1. The van der Waals surface area contributed by atoms with Gasteiger partial charge in [0.1, 0.15) is 59.6 Å². The number of benzene rings is 2. The molecule has 2 aliphatic heterocycles. The largest absolute Gasteiger partial charge is 0.508 e. The number of aliphatic hydroxyl groups is 6. The van der Waals surface area contributed by atoms with Crippen LogP contribution < -0.4 is 14.2 Å². The summed E-state index contributed by atoms with van der Waals surface area (Å²) >= 11 is 0. The molecule has 0 amide bonds. The molecule has 0 aliphatic carbocycles. The summed E-state index contributed by atoms with van der Waals surface area (Å²) in [6, 6.07) is 7.48. The van der Waals surface area contributed by atoms with Gasteiger partial charge in [0.15, 0.2) is 6.10 Å². The molecule has 2 aliphatic rings. The Labute approximate surface area is 219 Å². The Morgan fingerprint density at radius 1 is 0.947 bits per heavy atom. The normalized spacial score (nSPS) is 30.7. The van der Waals surface area contributed by atoms with Crippen LogP contribution in [0.3, 0.4) is 0 Å². The minimum absolute atomic E-state index is 0.0288. The molecule has 7 N–H and O–H groups in total. The number of ether oxygens (including phenoxy) is 4. The van der Waals surface area contributed by atoms with Crippen LogP contribution in [0.1, 0.15) is 42.7 Å². The molecule has 0 aromatic heterocycles. The highest BCUT2D eigenvalue weighted by atomic mass is 16.7. The first kappa shape index (κ1) is 28.1. The number of hydrogen-bond acceptors (Lipinski definition) is 11. The lowest BCUT2D eigenvalue weighted by molar-refractivity contribution is -0.277. The van der Waals surface area contributed by atoms with Gasteiger partial charge >= 0.3 is 0 Å². The van der Waals surface area contributed by atoms with E-state index in [2.05, 4.69) is 0 Å². The molecular formula is C27H34O11. The number of aliphatic hydroxyl groups excluding tert-OH is 6. The Morgan fingerprint density at radius 2 is 1.63 bits per heavy atom. The molecule has 0 radical (unpaired) electrons. The van der Waals surface area contributed by atoms with E-state index in [1.54, 1.807) is 12.1 Å². The monoisotopic (exact) mass is 534 g/mol. The lowest BCUT2D eigenvalue weighted by atomic mass is 9.89. The molecule has 8 atom stereocenters. The van der Waals surface area contributed by atoms with Gasteiger partial charge in [0.25, 0.3) is 0 Å². The van der Waals surface area contributed by atoms with Gasteiger partial charge in [0, 0.05) is 11.6 Å². The summed E-state index contributed by atoms with van der Waals surface area (Å²) in [6.45, 7) is 3.17. The first-order chi connectivity index (χ1) is 18.1. The van der Waals surface area contributed by atoms with Crippen LogP contribution in [-0.2, 0) is 11.2 Å². The Kier molecular flexibility index (Phi) is 8.48. The number of phenolic OH excluding ortho intramolecular Hbond substituents is 1. The third-order valence-corrected chi connectivity index (χ3v) is 6.77. The molecule has 38 heavy (non-hydrogen) atoms. The Balaban J connectivity index is 1.82. The van der Waals surface area contributed by atoms with Crippen LogP contribution in [0.25, 0.3) is 0 Å². The number of aromatic hydroxyl groups is 1. The van der Waals surface area contributed by atoms with Crippen LogP contribution in [0, 0.1) is 0 Å². The fourth-order valence-corrected chi connectivity index (χ4v) is 4.61. The smallest absolute Gasteiger partial charge is 0.229 e. The molecule has 11 heteroatoms. The molecule has 0 saturated carbocycles. The first-order valence-electron chi connectivity index (χ1n) is 12.2. The molecule has 2 aromatic rings. The minimum atomic E-state index is -1.65. The predicted octanol–water partition coefficient (Wildman–Crippen LogP) is 0.616. The van der Waals surface area contributed by atoms with Gasteiger partial charge in [-0.3, -0.25) is 0 Å². The molecular weight excluding hydrogens is 500 g/mol. The van der Waals surface area contributed by atoms with Crippen molar-refractivity contribution in [2.75, 3.05) is 13.7 Å². The molecule has 1 saturated heterocycles. The highest BCUT2D eigenvalue weighted by Crippen LogP contribution is 2.51. The Bertz CT molecular complexity index is 1140. The van der Waals surface area contributed by atoms with Crippen molar-refractivity contribution >= 4 is 0 Å². The summed E-state index contributed by atoms with van der Waals surface area (Å²) in [7, 11) is 1.37. The van der Waals surface area contributed by atoms with Gasteiger partial charge in [-0.2, -0.15) is 0 Å². The summed E-state index contributed by atoms with van der Waals surface area (Å²) < 4.78 is 23.3. The molecule has 0 spiro atoms. The number of rotatable bonds is 7. The van der Waals surface area contributed by atoms with Crippen molar-refractivity contribution in [3.63, 3.8) is 0 Å².